The van der Waals surface area contributed by atoms with Crippen molar-refractivity contribution in [1.29, 1.82) is 0 Å². The van der Waals surface area contributed by atoms with E-state index in [1.54, 1.807) is 23.9 Å². The molecule has 0 amide bonds. The third-order valence-electron chi connectivity index (χ3n) is 1.54. The third kappa shape index (κ3) is 2.68. The van der Waals surface area contributed by atoms with Crippen molar-refractivity contribution in [3.63, 3.8) is 0 Å². The summed E-state index contributed by atoms with van der Waals surface area (Å²) in [5.74, 6) is 0.638. The largest absolute Gasteiger partial charge is 0.207 e. The van der Waals surface area contributed by atoms with Gasteiger partial charge in [0.25, 0.3) is 0 Å². The van der Waals surface area contributed by atoms with Crippen molar-refractivity contribution in [1.82, 2.24) is 0 Å². The molecule has 0 aliphatic rings. The van der Waals surface area contributed by atoms with Crippen molar-refractivity contribution in [3.8, 4) is 0 Å². The second kappa shape index (κ2) is 4.73. The van der Waals surface area contributed by atoms with Crippen molar-refractivity contribution >= 4 is 23.4 Å². The minimum atomic E-state index is -0.216. The average molecular weight is 205 g/mol. The van der Waals surface area contributed by atoms with Gasteiger partial charge in [0.1, 0.15) is 5.82 Å². The van der Waals surface area contributed by atoms with Crippen LogP contribution in [0.25, 0.3) is 0 Å². The van der Waals surface area contributed by atoms with Crippen LogP contribution in [0, 0.1) is 5.82 Å². The number of benzene rings is 1. The Bertz CT molecular complexity index is 235. The van der Waals surface area contributed by atoms with Crippen LogP contribution in [0.1, 0.15) is 10.9 Å². The lowest BCUT2D eigenvalue weighted by Crippen LogP contribution is -1.92. The summed E-state index contributed by atoms with van der Waals surface area (Å²) in [6.45, 7) is 0. The van der Waals surface area contributed by atoms with Crippen LogP contribution in [0.3, 0.4) is 0 Å². The first-order valence-electron chi connectivity index (χ1n) is 3.62. The highest BCUT2D eigenvalue weighted by molar-refractivity contribution is 7.98. The number of hydrogen-bond acceptors (Lipinski definition) is 1. The van der Waals surface area contributed by atoms with Gasteiger partial charge in [-0.05, 0) is 24.0 Å². The van der Waals surface area contributed by atoms with Gasteiger partial charge in [0.15, 0.2) is 0 Å². The average Bonchev–Trinajstić information content (AvgIpc) is 2.06. The molecule has 66 valence electrons. The van der Waals surface area contributed by atoms with Crippen LogP contribution < -0.4 is 0 Å². The van der Waals surface area contributed by atoms with Gasteiger partial charge in [-0.2, -0.15) is 11.8 Å². The summed E-state index contributed by atoms with van der Waals surface area (Å²) in [4.78, 5) is 0. The van der Waals surface area contributed by atoms with E-state index >= 15 is 0 Å². The summed E-state index contributed by atoms with van der Waals surface area (Å²) in [5.41, 5.74) is 0.979. The van der Waals surface area contributed by atoms with Crippen LogP contribution in [0.4, 0.5) is 4.39 Å². The van der Waals surface area contributed by atoms with E-state index in [-0.39, 0.29) is 11.2 Å². The van der Waals surface area contributed by atoms with E-state index in [0.717, 1.165) is 11.3 Å². The Morgan fingerprint density at radius 2 is 2.00 bits per heavy atom. The summed E-state index contributed by atoms with van der Waals surface area (Å²) in [7, 11) is 0. The summed E-state index contributed by atoms with van der Waals surface area (Å²) in [6, 6.07) is 6.32. The molecule has 0 radical (unpaired) electrons. The second-order valence-corrected chi connectivity index (χ2v) is 3.91. The number of hydrogen-bond donors (Lipinski definition) is 0. The van der Waals surface area contributed by atoms with Gasteiger partial charge >= 0.3 is 0 Å². The molecule has 3 heteroatoms. The van der Waals surface area contributed by atoms with Crippen molar-refractivity contribution < 1.29 is 4.39 Å². The van der Waals surface area contributed by atoms with Gasteiger partial charge in [-0.3, -0.25) is 0 Å². The highest BCUT2D eigenvalue weighted by Crippen LogP contribution is 2.23. The number of alkyl halides is 1. The molecule has 1 unspecified atom stereocenters. The van der Waals surface area contributed by atoms with E-state index in [2.05, 4.69) is 0 Å². The molecule has 0 saturated carbocycles. The maximum absolute atomic E-state index is 12.5. The maximum atomic E-state index is 12.5. The Labute approximate surface area is 81.1 Å². The molecule has 0 nitrogen and oxygen atoms in total. The van der Waals surface area contributed by atoms with E-state index in [1.165, 1.54) is 12.1 Å². The van der Waals surface area contributed by atoms with Crippen molar-refractivity contribution in [3.05, 3.63) is 35.6 Å². The molecule has 0 bridgehead atoms. The predicted molar refractivity (Wildman–Crippen MR) is 53.4 cm³/mol. The van der Waals surface area contributed by atoms with Crippen LogP contribution in [0.15, 0.2) is 24.3 Å². The molecule has 1 aromatic rings. The first-order chi connectivity index (χ1) is 5.74. The molecule has 0 N–H and O–H groups in total. The highest BCUT2D eigenvalue weighted by atomic mass is 35.5. The van der Waals surface area contributed by atoms with Gasteiger partial charge in [0.05, 0.1) is 5.38 Å². The normalized spacial score (nSPS) is 12.9. The standard InChI is InChI=1S/C9H10ClFS/c1-12-6-9(10)7-2-4-8(11)5-3-7/h2-5,9H,6H2,1H3. The Kier molecular flexibility index (Phi) is 3.89. The van der Waals surface area contributed by atoms with Crippen LogP contribution >= 0.6 is 23.4 Å². The molecule has 1 rings (SSSR count). The first-order valence-corrected chi connectivity index (χ1v) is 5.45. The second-order valence-electron chi connectivity index (χ2n) is 2.47. The molecule has 0 fully saturated rings. The van der Waals surface area contributed by atoms with Gasteiger partial charge in [-0.1, -0.05) is 12.1 Å². The van der Waals surface area contributed by atoms with E-state index in [4.69, 9.17) is 11.6 Å². The highest BCUT2D eigenvalue weighted by Gasteiger charge is 2.05. The maximum Gasteiger partial charge on any atom is 0.123 e. The molecule has 1 atom stereocenters. The summed E-state index contributed by atoms with van der Waals surface area (Å²) >= 11 is 7.70. The smallest absolute Gasteiger partial charge is 0.123 e. The molecule has 0 aliphatic heterocycles. The Morgan fingerprint density at radius 1 is 1.42 bits per heavy atom. The summed E-state index contributed by atoms with van der Waals surface area (Å²) < 4.78 is 12.5. The fourth-order valence-corrected chi connectivity index (χ4v) is 1.92. The zero-order valence-corrected chi connectivity index (χ0v) is 8.33. The molecule has 12 heavy (non-hydrogen) atoms. The Morgan fingerprint density at radius 3 is 2.50 bits per heavy atom. The van der Waals surface area contributed by atoms with Gasteiger partial charge in [0, 0.05) is 5.75 Å². The zero-order valence-electron chi connectivity index (χ0n) is 6.76. The van der Waals surface area contributed by atoms with Gasteiger partial charge in [0.2, 0.25) is 0 Å². The quantitative estimate of drug-likeness (QED) is 0.680. The minimum Gasteiger partial charge on any atom is -0.207 e. The minimum absolute atomic E-state index is 0.0133. The summed E-state index contributed by atoms with van der Waals surface area (Å²) in [6.07, 6.45) is 2.00. The topological polar surface area (TPSA) is 0 Å². The lowest BCUT2D eigenvalue weighted by molar-refractivity contribution is 0.627. The predicted octanol–water partition coefficient (Wildman–Crippen LogP) is 3.47. The Balaban J connectivity index is 2.68. The van der Waals surface area contributed by atoms with E-state index in [9.17, 15) is 4.39 Å². The van der Waals surface area contributed by atoms with Crippen molar-refractivity contribution in [2.24, 2.45) is 0 Å². The molecule has 0 aromatic heterocycles. The van der Waals surface area contributed by atoms with Crippen LogP contribution in [-0.2, 0) is 0 Å². The third-order valence-corrected chi connectivity index (χ3v) is 2.80. The molecular formula is C9H10ClFS. The van der Waals surface area contributed by atoms with Crippen LogP contribution in [-0.4, -0.2) is 12.0 Å². The zero-order chi connectivity index (χ0) is 8.97. The lowest BCUT2D eigenvalue weighted by Gasteiger charge is -2.06. The molecule has 0 spiro atoms. The fraction of sp³-hybridized carbons (Fsp3) is 0.333. The molecule has 0 saturated heterocycles. The number of thioether (sulfide) groups is 1. The van der Waals surface area contributed by atoms with Gasteiger partial charge < -0.3 is 0 Å². The van der Waals surface area contributed by atoms with E-state index in [1.807, 2.05) is 6.26 Å². The van der Waals surface area contributed by atoms with Crippen LogP contribution in [0.5, 0.6) is 0 Å². The lowest BCUT2D eigenvalue weighted by atomic mass is 10.2. The SMILES string of the molecule is CSCC(Cl)c1ccc(F)cc1. The molecule has 0 heterocycles. The molecule has 1 aromatic carbocycles. The van der Waals surface area contributed by atoms with Gasteiger partial charge in [-0.15, -0.1) is 11.6 Å². The van der Waals surface area contributed by atoms with Gasteiger partial charge in [-0.25, -0.2) is 4.39 Å². The summed E-state index contributed by atoms with van der Waals surface area (Å²) in [5, 5.41) is -0.0133. The number of halogens is 2. The van der Waals surface area contributed by atoms with Crippen molar-refractivity contribution in [2.75, 3.05) is 12.0 Å². The van der Waals surface area contributed by atoms with Crippen LogP contribution in [0.2, 0.25) is 0 Å². The Hall–Kier alpha value is -0.210. The van der Waals surface area contributed by atoms with E-state index in [0.29, 0.717) is 0 Å². The van der Waals surface area contributed by atoms with Crippen molar-refractivity contribution in [2.45, 2.75) is 5.38 Å². The first kappa shape index (κ1) is 9.87. The monoisotopic (exact) mass is 204 g/mol. The van der Waals surface area contributed by atoms with E-state index < -0.39 is 0 Å². The molecular weight excluding hydrogens is 195 g/mol. The number of rotatable bonds is 3. The molecule has 0 aliphatic carbocycles. The fourth-order valence-electron chi connectivity index (χ4n) is 0.914.